The molecule has 3 atom stereocenters. The minimum absolute atomic E-state index is 0.0154. The number of nitrogens with zero attached hydrogens (tertiary/aromatic N) is 2. The third kappa shape index (κ3) is 4.70. The van der Waals surface area contributed by atoms with Crippen LogP contribution in [0.5, 0.6) is 5.75 Å². The van der Waals surface area contributed by atoms with E-state index in [-0.39, 0.29) is 24.5 Å². The fourth-order valence-corrected chi connectivity index (χ4v) is 3.72. The van der Waals surface area contributed by atoms with Gasteiger partial charge < -0.3 is 30.9 Å². The lowest BCUT2D eigenvalue weighted by molar-refractivity contribution is -0.138. The lowest BCUT2D eigenvalue weighted by Crippen LogP contribution is -2.51. The summed E-state index contributed by atoms with van der Waals surface area (Å²) < 4.78 is 11.3. The van der Waals surface area contributed by atoms with Crippen LogP contribution in [0.4, 0.5) is 4.79 Å². The van der Waals surface area contributed by atoms with Crippen molar-refractivity contribution in [3.05, 3.63) is 29.8 Å². The molecule has 2 aliphatic heterocycles. The third-order valence-electron chi connectivity index (χ3n) is 5.41. The summed E-state index contributed by atoms with van der Waals surface area (Å²) in [6.45, 7) is 3.14. The summed E-state index contributed by atoms with van der Waals surface area (Å²) in [7, 11) is 0. The summed E-state index contributed by atoms with van der Waals surface area (Å²) in [6.07, 6.45) is 0.499. The van der Waals surface area contributed by atoms with Gasteiger partial charge in [-0.15, -0.1) is 0 Å². The van der Waals surface area contributed by atoms with Gasteiger partial charge in [-0.25, -0.2) is 4.79 Å². The average Bonchev–Trinajstić information content (AvgIpc) is 2.96. The molecule has 0 radical (unpaired) electrons. The van der Waals surface area contributed by atoms with Crippen molar-refractivity contribution < 1.29 is 24.2 Å². The Hall–Kier alpha value is -3.01. The van der Waals surface area contributed by atoms with Crippen LogP contribution in [-0.4, -0.2) is 70.4 Å². The molecule has 0 aromatic heterocycles. The Balaban J connectivity index is 1.58. The number of likely N-dealkylation sites (tertiary alicyclic amines) is 1. The van der Waals surface area contributed by atoms with Crippen molar-refractivity contribution in [3.8, 4) is 5.75 Å². The lowest BCUT2D eigenvalue weighted by Gasteiger charge is -2.37. The van der Waals surface area contributed by atoms with E-state index in [0.29, 0.717) is 31.7 Å². The highest BCUT2D eigenvalue weighted by molar-refractivity contribution is 5.75. The topological polar surface area (TPSA) is 155 Å². The standard InChI is InChI=1S/C19H27N5O5/c1-11-17(28-14-4-2-12(3-5-14)10-15(20)16(25)26)29-19(27)24(11)13-6-8-23(9-7-13)18(21)22/h2-5,11,13,15,17H,6-10,20H2,1H3,(H3,21,22)(H,25,26). The Kier molecular flexibility index (Phi) is 6.12. The van der Waals surface area contributed by atoms with Crippen molar-refractivity contribution in [1.29, 1.82) is 5.41 Å². The number of nitrogens with two attached hydrogens (primary N) is 2. The van der Waals surface area contributed by atoms with Gasteiger partial charge in [-0.05, 0) is 43.9 Å². The smallest absolute Gasteiger partial charge is 0.413 e. The van der Waals surface area contributed by atoms with Crippen molar-refractivity contribution in [1.82, 2.24) is 9.80 Å². The van der Waals surface area contributed by atoms with Gasteiger partial charge in [0, 0.05) is 19.1 Å². The zero-order valence-corrected chi connectivity index (χ0v) is 16.3. The predicted molar refractivity (Wildman–Crippen MR) is 104 cm³/mol. The fourth-order valence-electron chi connectivity index (χ4n) is 3.72. The summed E-state index contributed by atoms with van der Waals surface area (Å²) in [5, 5.41) is 16.4. The first-order valence-corrected chi connectivity index (χ1v) is 9.58. The van der Waals surface area contributed by atoms with Gasteiger partial charge in [-0.2, -0.15) is 0 Å². The van der Waals surface area contributed by atoms with E-state index < -0.39 is 24.4 Å². The second-order valence-electron chi connectivity index (χ2n) is 7.41. The highest BCUT2D eigenvalue weighted by atomic mass is 16.7. The van der Waals surface area contributed by atoms with Gasteiger partial charge in [-0.3, -0.25) is 15.1 Å². The number of carbonyl (C=O) groups excluding carboxylic acids is 1. The van der Waals surface area contributed by atoms with Crippen LogP contribution in [0.25, 0.3) is 0 Å². The molecule has 2 fully saturated rings. The Labute approximate surface area is 168 Å². The Morgan fingerprint density at radius 3 is 2.52 bits per heavy atom. The molecule has 0 spiro atoms. The number of cyclic esters (lactones) is 1. The summed E-state index contributed by atoms with van der Waals surface area (Å²) in [5.74, 6) is -0.476. The first-order chi connectivity index (χ1) is 13.8. The van der Waals surface area contributed by atoms with Crippen LogP contribution < -0.4 is 16.2 Å². The summed E-state index contributed by atoms with van der Waals surface area (Å²) in [5.41, 5.74) is 11.9. The second-order valence-corrected chi connectivity index (χ2v) is 7.41. The maximum Gasteiger partial charge on any atom is 0.413 e. The molecule has 0 saturated carbocycles. The first-order valence-electron chi connectivity index (χ1n) is 9.58. The number of carbonyl (C=O) groups is 2. The van der Waals surface area contributed by atoms with Gasteiger partial charge >= 0.3 is 12.1 Å². The predicted octanol–water partition coefficient (Wildman–Crippen LogP) is 0.544. The number of piperidine rings is 1. The monoisotopic (exact) mass is 405 g/mol. The van der Waals surface area contributed by atoms with Crippen molar-refractivity contribution in [2.75, 3.05) is 13.1 Å². The van der Waals surface area contributed by atoms with Crippen molar-refractivity contribution >= 4 is 18.0 Å². The molecule has 2 saturated heterocycles. The zero-order valence-electron chi connectivity index (χ0n) is 16.3. The summed E-state index contributed by atoms with van der Waals surface area (Å²) in [4.78, 5) is 26.8. The SMILES string of the molecule is CC1C(Oc2ccc(CC(N)C(=O)O)cc2)OC(=O)N1C1CCN(C(=N)N)CC1. The highest BCUT2D eigenvalue weighted by Gasteiger charge is 2.44. The van der Waals surface area contributed by atoms with E-state index in [4.69, 9.17) is 31.5 Å². The van der Waals surface area contributed by atoms with Crippen LogP contribution in [0.2, 0.25) is 0 Å². The molecule has 29 heavy (non-hydrogen) atoms. The highest BCUT2D eigenvalue weighted by Crippen LogP contribution is 2.29. The lowest BCUT2D eigenvalue weighted by atomic mass is 10.0. The second kappa shape index (κ2) is 8.56. The number of carboxylic acid groups (broad SMARTS) is 1. The van der Waals surface area contributed by atoms with Gasteiger partial charge in [0.25, 0.3) is 6.29 Å². The molecule has 1 aromatic rings. The van der Waals surface area contributed by atoms with Gasteiger partial charge in [-0.1, -0.05) is 12.1 Å². The van der Waals surface area contributed by atoms with E-state index in [2.05, 4.69) is 0 Å². The van der Waals surface area contributed by atoms with Crippen LogP contribution >= 0.6 is 0 Å². The molecule has 0 aliphatic carbocycles. The quantitative estimate of drug-likeness (QED) is 0.395. The van der Waals surface area contributed by atoms with Crippen LogP contribution in [0, 0.1) is 5.41 Å². The molecule has 3 rings (SSSR count). The number of amides is 1. The van der Waals surface area contributed by atoms with Crippen LogP contribution in [0.15, 0.2) is 24.3 Å². The van der Waals surface area contributed by atoms with E-state index in [9.17, 15) is 9.59 Å². The molecule has 6 N–H and O–H groups in total. The Bertz CT molecular complexity index is 763. The summed E-state index contributed by atoms with van der Waals surface area (Å²) >= 11 is 0. The number of carboxylic acids is 1. The van der Waals surface area contributed by atoms with Crippen LogP contribution in [0.3, 0.4) is 0 Å². The zero-order chi connectivity index (χ0) is 21.1. The molecule has 2 heterocycles. The molecule has 158 valence electrons. The third-order valence-corrected chi connectivity index (χ3v) is 5.41. The molecule has 2 aliphatic rings. The fraction of sp³-hybridized carbons (Fsp3) is 0.526. The molecule has 3 unspecified atom stereocenters. The number of benzene rings is 1. The Morgan fingerprint density at radius 1 is 1.34 bits per heavy atom. The van der Waals surface area contributed by atoms with Gasteiger partial charge in [0.05, 0.1) is 0 Å². The number of aliphatic carboxylic acids is 1. The normalized spacial score (nSPS) is 23.6. The van der Waals surface area contributed by atoms with E-state index in [1.165, 1.54) is 0 Å². The molecular weight excluding hydrogens is 378 g/mol. The number of hydrogen-bond donors (Lipinski definition) is 4. The van der Waals surface area contributed by atoms with Crippen molar-refractivity contribution in [3.63, 3.8) is 0 Å². The van der Waals surface area contributed by atoms with E-state index >= 15 is 0 Å². The maximum absolute atomic E-state index is 12.4. The number of hydrogen-bond acceptors (Lipinski definition) is 6. The minimum atomic E-state index is -1.05. The summed E-state index contributed by atoms with van der Waals surface area (Å²) in [6, 6.07) is 5.69. The first kappa shape index (κ1) is 20.7. The van der Waals surface area contributed by atoms with Gasteiger partial charge in [0.2, 0.25) is 0 Å². The van der Waals surface area contributed by atoms with E-state index in [1.807, 2.05) is 6.92 Å². The van der Waals surface area contributed by atoms with Crippen molar-refractivity contribution in [2.45, 2.75) is 50.6 Å². The molecule has 1 aromatic carbocycles. The van der Waals surface area contributed by atoms with Gasteiger partial charge in [0.15, 0.2) is 5.96 Å². The molecular formula is C19H27N5O5. The Morgan fingerprint density at radius 2 is 1.97 bits per heavy atom. The van der Waals surface area contributed by atoms with Crippen LogP contribution in [0.1, 0.15) is 25.3 Å². The average molecular weight is 405 g/mol. The van der Waals surface area contributed by atoms with Crippen molar-refractivity contribution in [2.24, 2.45) is 11.5 Å². The molecule has 10 heteroatoms. The van der Waals surface area contributed by atoms with Gasteiger partial charge in [0.1, 0.15) is 17.8 Å². The maximum atomic E-state index is 12.4. The molecule has 0 bridgehead atoms. The number of nitrogens with one attached hydrogen (secondary N) is 1. The number of ether oxygens (including phenoxy) is 2. The number of rotatable bonds is 6. The minimum Gasteiger partial charge on any atom is -0.480 e. The largest absolute Gasteiger partial charge is 0.480 e. The van der Waals surface area contributed by atoms with Crippen LogP contribution in [-0.2, 0) is 16.0 Å². The van der Waals surface area contributed by atoms with E-state index in [1.54, 1.807) is 34.1 Å². The van der Waals surface area contributed by atoms with E-state index in [0.717, 1.165) is 5.56 Å². The molecule has 10 nitrogen and oxygen atoms in total. The number of guanidine groups is 1. The molecule has 1 amide bonds.